The lowest BCUT2D eigenvalue weighted by Gasteiger charge is -2.24. The predicted molar refractivity (Wildman–Crippen MR) is 143 cm³/mol. The Labute approximate surface area is 216 Å². The lowest BCUT2D eigenvalue weighted by atomic mass is 10.1. The number of thiazole rings is 1. The van der Waals surface area contributed by atoms with Gasteiger partial charge in [-0.25, -0.2) is 4.98 Å². The van der Waals surface area contributed by atoms with Crippen molar-refractivity contribution in [3.63, 3.8) is 0 Å². The van der Waals surface area contributed by atoms with Crippen molar-refractivity contribution < 1.29 is 14.0 Å². The second-order valence-corrected chi connectivity index (χ2v) is 11.4. The number of fused-ring (bicyclic) bond motifs is 1. The molecular formula is C26H24ClN3O3S2. The zero-order valence-corrected chi connectivity index (χ0v) is 21.9. The number of rotatable bonds is 5. The van der Waals surface area contributed by atoms with Crippen LogP contribution in [0.25, 0.3) is 21.4 Å². The number of carbonyl (C=O) groups is 2. The van der Waals surface area contributed by atoms with Crippen molar-refractivity contribution in [1.82, 2.24) is 15.2 Å². The molecule has 5 rings (SSSR count). The molecule has 2 aromatic carbocycles. The Morgan fingerprint density at radius 2 is 2.03 bits per heavy atom. The molecule has 1 saturated heterocycles. The van der Waals surface area contributed by atoms with Gasteiger partial charge in [0.25, 0.3) is 11.8 Å². The Bertz CT molecular complexity index is 1450. The summed E-state index contributed by atoms with van der Waals surface area (Å²) in [4.78, 5) is 33.9. The van der Waals surface area contributed by atoms with E-state index in [0.717, 1.165) is 26.8 Å². The van der Waals surface area contributed by atoms with Crippen LogP contribution >= 0.6 is 34.7 Å². The Morgan fingerprint density at radius 1 is 1.20 bits per heavy atom. The standard InChI is InChI=1S/C26H24ClN3O3S2/c1-14-5-4-6-17(11-14)24-22(29-16(3)35-24)26(32)30-9-10-34-21(30)13-28-25(31)18-7-8-20(27)23-19(18)12-15(2)33-23/h4-8,11-12,21H,9-10,13H2,1-3H3,(H,28,31). The van der Waals surface area contributed by atoms with E-state index in [9.17, 15) is 9.59 Å². The SMILES string of the molecule is Cc1cccc(-c2sc(C)nc2C(=O)N2CCSC2CNC(=O)c2ccc(Cl)c3oc(C)cc23)c1. The summed E-state index contributed by atoms with van der Waals surface area (Å²) in [5.41, 5.74) is 3.61. The van der Waals surface area contributed by atoms with Gasteiger partial charge in [-0.05, 0) is 44.5 Å². The second-order valence-electron chi connectivity index (χ2n) is 8.51. The molecular weight excluding hydrogens is 502 g/mol. The van der Waals surface area contributed by atoms with Gasteiger partial charge in [0.2, 0.25) is 0 Å². The third kappa shape index (κ3) is 4.70. The highest BCUT2D eigenvalue weighted by Crippen LogP contribution is 2.34. The number of halogens is 1. The van der Waals surface area contributed by atoms with Crippen LogP contribution in [-0.2, 0) is 0 Å². The van der Waals surface area contributed by atoms with E-state index in [1.807, 2.05) is 49.9 Å². The first kappa shape index (κ1) is 23.9. The van der Waals surface area contributed by atoms with E-state index < -0.39 is 0 Å². The van der Waals surface area contributed by atoms with E-state index in [1.54, 1.807) is 23.9 Å². The molecule has 9 heteroatoms. The molecule has 6 nitrogen and oxygen atoms in total. The largest absolute Gasteiger partial charge is 0.460 e. The molecule has 0 spiro atoms. The van der Waals surface area contributed by atoms with Crippen LogP contribution in [0.2, 0.25) is 5.02 Å². The van der Waals surface area contributed by atoms with Gasteiger partial charge < -0.3 is 14.6 Å². The molecule has 1 aliphatic heterocycles. The minimum absolute atomic E-state index is 0.102. The molecule has 1 atom stereocenters. The fourth-order valence-corrected chi connectivity index (χ4v) is 6.57. The Balaban J connectivity index is 1.34. The molecule has 1 N–H and O–H groups in total. The molecule has 1 unspecified atom stereocenters. The van der Waals surface area contributed by atoms with E-state index >= 15 is 0 Å². The third-order valence-electron chi connectivity index (χ3n) is 5.91. The smallest absolute Gasteiger partial charge is 0.274 e. The molecule has 0 radical (unpaired) electrons. The zero-order valence-electron chi connectivity index (χ0n) is 19.6. The Kier molecular flexibility index (Phi) is 6.61. The average Bonchev–Trinajstić information content (AvgIpc) is 3.55. The van der Waals surface area contributed by atoms with Crippen molar-refractivity contribution in [1.29, 1.82) is 0 Å². The molecule has 2 aromatic heterocycles. The molecule has 0 aliphatic carbocycles. The summed E-state index contributed by atoms with van der Waals surface area (Å²) in [5.74, 6) is 1.17. The second kappa shape index (κ2) is 9.68. The van der Waals surface area contributed by atoms with Gasteiger partial charge in [0.1, 0.15) is 11.5 Å². The van der Waals surface area contributed by atoms with Crippen LogP contribution in [0.1, 0.15) is 37.2 Å². The topological polar surface area (TPSA) is 75.4 Å². The van der Waals surface area contributed by atoms with Gasteiger partial charge in [-0.15, -0.1) is 23.1 Å². The van der Waals surface area contributed by atoms with Crippen molar-refractivity contribution in [2.75, 3.05) is 18.8 Å². The van der Waals surface area contributed by atoms with Gasteiger partial charge in [0.15, 0.2) is 5.58 Å². The molecule has 180 valence electrons. The van der Waals surface area contributed by atoms with Crippen molar-refractivity contribution in [3.05, 3.63) is 75.1 Å². The quantitative estimate of drug-likeness (QED) is 0.342. The maximum atomic E-state index is 13.6. The first-order chi connectivity index (χ1) is 16.8. The minimum Gasteiger partial charge on any atom is -0.460 e. The Hall–Kier alpha value is -2.81. The minimum atomic E-state index is -0.225. The number of nitrogens with zero attached hydrogens (tertiary/aromatic N) is 2. The van der Waals surface area contributed by atoms with Crippen LogP contribution in [0.15, 0.2) is 46.9 Å². The lowest BCUT2D eigenvalue weighted by molar-refractivity contribution is 0.0747. The van der Waals surface area contributed by atoms with E-state index in [4.69, 9.17) is 16.0 Å². The molecule has 4 aromatic rings. The van der Waals surface area contributed by atoms with Gasteiger partial charge in [0.05, 0.1) is 25.8 Å². The summed E-state index contributed by atoms with van der Waals surface area (Å²) in [5, 5.41) is 4.83. The van der Waals surface area contributed by atoms with E-state index in [-0.39, 0.29) is 17.2 Å². The molecule has 2 amide bonds. The number of nitrogens with one attached hydrogen (secondary N) is 1. The van der Waals surface area contributed by atoms with Crippen molar-refractivity contribution in [3.8, 4) is 10.4 Å². The molecule has 3 heterocycles. The summed E-state index contributed by atoms with van der Waals surface area (Å²) in [6.07, 6.45) is 0. The lowest BCUT2D eigenvalue weighted by Crippen LogP contribution is -2.42. The van der Waals surface area contributed by atoms with Crippen LogP contribution < -0.4 is 5.32 Å². The fraction of sp³-hybridized carbons (Fsp3) is 0.269. The first-order valence-electron chi connectivity index (χ1n) is 11.3. The number of hydrogen-bond donors (Lipinski definition) is 1. The molecule has 0 saturated carbocycles. The van der Waals surface area contributed by atoms with E-state index in [1.165, 1.54) is 11.3 Å². The number of aryl methyl sites for hydroxylation is 3. The van der Waals surface area contributed by atoms with Crippen molar-refractivity contribution in [2.24, 2.45) is 0 Å². The highest BCUT2D eigenvalue weighted by molar-refractivity contribution is 8.00. The predicted octanol–water partition coefficient (Wildman–Crippen LogP) is 6.08. The van der Waals surface area contributed by atoms with Crippen LogP contribution in [0.5, 0.6) is 0 Å². The number of amides is 2. The van der Waals surface area contributed by atoms with Crippen molar-refractivity contribution >= 4 is 57.5 Å². The summed E-state index contributed by atoms with van der Waals surface area (Å²) >= 11 is 9.42. The Morgan fingerprint density at radius 3 is 2.83 bits per heavy atom. The third-order valence-corrected chi connectivity index (χ3v) is 8.45. The van der Waals surface area contributed by atoms with Gasteiger partial charge in [-0.3, -0.25) is 9.59 Å². The molecule has 0 bridgehead atoms. The average molecular weight is 526 g/mol. The maximum absolute atomic E-state index is 13.6. The van der Waals surface area contributed by atoms with Gasteiger partial charge in [-0.2, -0.15) is 0 Å². The number of benzene rings is 2. The molecule has 35 heavy (non-hydrogen) atoms. The van der Waals surface area contributed by atoms with E-state index in [0.29, 0.717) is 46.1 Å². The van der Waals surface area contributed by atoms with Gasteiger partial charge in [0, 0.05) is 24.2 Å². The molecule has 1 aliphatic rings. The van der Waals surface area contributed by atoms with E-state index in [2.05, 4.69) is 16.4 Å². The summed E-state index contributed by atoms with van der Waals surface area (Å²) in [7, 11) is 0. The number of carbonyl (C=O) groups excluding carboxylic acids is 2. The normalized spacial score (nSPS) is 15.7. The highest BCUT2D eigenvalue weighted by atomic mass is 35.5. The van der Waals surface area contributed by atoms with Gasteiger partial charge >= 0.3 is 0 Å². The van der Waals surface area contributed by atoms with Crippen LogP contribution in [-0.4, -0.2) is 45.9 Å². The highest BCUT2D eigenvalue weighted by Gasteiger charge is 2.33. The fourth-order valence-electron chi connectivity index (χ4n) is 4.30. The first-order valence-corrected chi connectivity index (χ1v) is 13.5. The van der Waals surface area contributed by atoms with Crippen LogP contribution in [0.3, 0.4) is 0 Å². The van der Waals surface area contributed by atoms with Crippen molar-refractivity contribution in [2.45, 2.75) is 26.1 Å². The molecule has 1 fully saturated rings. The summed E-state index contributed by atoms with van der Waals surface area (Å²) in [6, 6.07) is 13.3. The number of hydrogen-bond acceptors (Lipinski definition) is 6. The van der Waals surface area contributed by atoms with Crippen LogP contribution in [0, 0.1) is 20.8 Å². The van der Waals surface area contributed by atoms with Gasteiger partial charge in [-0.1, -0.05) is 41.4 Å². The summed E-state index contributed by atoms with van der Waals surface area (Å²) in [6.45, 7) is 6.72. The number of aromatic nitrogens is 1. The maximum Gasteiger partial charge on any atom is 0.274 e. The zero-order chi connectivity index (χ0) is 24.7. The van der Waals surface area contributed by atoms with Crippen LogP contribution in [0.4, 0.5) is 0 Å². The monoisotopic (exact) mass is 525 g/mol. The number of thioether (sulfide) groups is 1. The number of furan rings is 1. The summed E-state index contributed by atoms with van der Waals surface area (Å²) < 4.78 is 5.65.